The standard InChI is InChI=1S/C22H23IO6/c1-2-12-25-20-18(24)22(27-16-10-8-15(23)9-11-16)28-17-13-26-21(29-19(17)20)14-6-4-3-5-7-14/h2-11,17-22,24H,1,12-13H2/t17-,18-,19-,20-,21?,22-/m1/s1. The molecule has 0 saturated carbocycles. The third-order valence-electron chi connectivity index (χ3n) is 4.85. The largest absolute Gasteiger partial charge is 0.462 e. The van der Waals surface area contributed by atoms with Gasteiger partial charge in [0.2, 0.25) is 6.29 Å². The van der Waals surface area contributed by atoms with E-state index in [1.54, 1.807) is 6.08 Å². The Morgan fingerprint density at radius 2 is 1.86 bits per heavy atom. The van der Waals surface area contributed by atoms with Crippen LogP contribution in [0.2, 0.25) is 0 Å². The Hall–Kier alpha value is -1.49. The van der Waals surface area contributed by atoms with Crippen LogP contribution in [0.1, 0.15) is 11.9 Å². The monoisotopic (exact) mass is 510 g/mol. The van der Waals surface area contributed by atoms with E-state index >= 15 is 0 Å². The number of aliphatic hydroxyl groups is 1. The van der Waals surface area contributed by atoms with Crippen LogP contribution in [0.4, 0.5) is 0 Å². The van der Waals surface area contributed by atoms with Gasteiger partial charge in [0.25, 0.3) is 0 Å². The summed E-state index contributed by atoms with van der Waals surface area (Å²) in [5.74, 6) is 0.607. The molecular formula is C22H23IO6. The lowest BCUT2D eigenvalue weighted by Gasteiger charge is -2.47. The van der Waals surface area contributed by atoms with Crippen LogP contribution in [-0.4, -0.2) is 49.0 Å². The van der Waals surface area contributed by atoms with Crippen molar-refractivity contribution in [3.05, 3.63) is 76.4 Å². The normalized spacial score (nSPS) is 31.7. The highest BCUT2D eigenvalue weighted by Gasteiger charge is 2.51. The molecule has 0 radical (unpaired) electrons. The fourth-order valence-corrected chi connectivity index (χ4v) is 3.82. The van der Waals surface area contributed by atoms with Crippen molar-refractivity contribution in [2.24, 2.45) is 0 Å². The van der Waals surface area contributed by atoms with Gasteiger partial charge in [0, 0.05) is 9.13 Å². The number of rotatable bonds is 6. The third kappa shape index (κ3) is 4.82. The Labute approximate surface area is 183 Å². The van der Waals surface area contributed by atoms with Gasteiger partial charge in [0.1, 0.15) is 30.2 Å². The van der Waals surface area contributed by atoms with Gasteiger partial charge in [0.05, 0.1) is 13.2 Å². The number of hydrogen-bond donors (Lipinski definition) is 1. The molecule has 0 bridgehead atoms. The molecule has 6 atom stereocenters. The second kappa shape index (κ2) is 9.55. The van der Waals surface area contributed by atoms with Gasteiger partial charge in [-0.25, -0.2) is 0 Å². The summed E-state index contributed by atoms with van der Waals surface area (Å²) in [5, 5.41) is 10.9. The summed E-state index contributed by atoms with van der Waals surface area (Å²) in [6.45, 7) is 4.28. The number of aliphatic hydroxyl groups excluding tert-OH is 1. The molecule has 0 amide bonds. The topological polar surface area (TPSA) is 66.4 Å². The molecular weight excluding hydrogens is 487 g/mol. The van der Waals surface area contributed by atoms with Gasteiger partial charge in [-0.3, -0.25) is 0 Å². The lowest BCUT2D eigenvalue weighted by atomic mass is 9.97. The van der Waals surface area contributed by atoms with Crippen molar-refractivity contribution in [2.75, 3.05) is 13.2 Å². The van der Waals surface area contributed by atoms with E-state index in [4.69, 9.17) is 23.7 Å². The predicted molar refractivity (Wildman–Crippen MR) is 114 cm³/mol. The summed E-state index contributed by atoms with van der Waals surface area (Å²) in [5.41, 5.74) is 0.903. The summed E-state index contributed by atoms with van der Waals surface area (Å²) in [7, 11) is 0. The number of hydrogen-bond acceptors (Lipinski definition) is 6. The molecule has 2 saturated heterocycles. The summed E-state index contributed by atoms with van der Waals surface area (Å²) < 4.78 is 30.9. The molecule has 2 heterocycles. The Balaban J connectivity index is 1.51. The van der Waals surface area contributed by atoms with Crippen molar-refractivity contribution < 1.29 is 28.8 Å². The first-order valence-corrected chi connectivity index (χ1v) is 10.5. The maximum Gasteiger partial charge on any atom is 0.229 e. The van der Waals surface area contributed by atoms with Crippen LogP contribution in [-0.2, 0) is 18.9 Å². The maximum absolute atomic E-state index is 10.9. The minimum Gasteiger partial charge on any atom is -0.462 e. The van der Waals surface area contributed by atoms with Crippen LogP contribution in [0, 0.1) is 3.57 Å². The van der Waals surface area contributed by atoms with Crippen molar-refractivity contribution in [2.45, 2.75) is 37.0 Å². The predicted octanol–water partition coefficient (Wildman–Crippen LogP) is 3.44. The molecule has 0 spiro atoms. The number of benzene rings is 2. The quantitative estimate of drug-likeness (QED) is 0.475. The van der Waals surface area contributed by atoms with Crippen LogP contribution >= 0.6 is 22.6 Å². The van der Waals surface area contributed by atoms with Crippen molar-refractivity contribution in [1.29, 1.82) is 0 Å². The first kappa shape index (κ1) is 20.8. The van der Waals surface area contributed by atoms with E-state index in [0.717, 1.165) is 9.13 Å². The first-order chi connectivity index (χ1) is 14.2. The van der Waals surface area contributed by atoms with Gasteiger partial charge < -0.3 is 28.8 Å². The van der Waals surface area contributed by atoms with Crippen LogP contribution in [0.5, 0.6) is 5.75 Å². The van der Waals surface area contributed by atoms with E-state index in [2.05, 4.69) is 29.2 Å². The number of halogens is 1. The highest BCUT2D eigenvalue weighted by Crippen LogP contribution is 2.36. The molecule has 1 N–H and O–H groups in total. The fourth-order valence-electron chi connectivity index (χ4n) is 3.46. The van der Waals surface area contributed by atoms with Crippen molar-refractivity contribution in [3.8, 4) is 5.75 Å². The van der Waals surface area contributed by atoms with Crippen molar-refractivity contribution >= 4 is 22.6 Å². The average molecular weight is 510 g/mol. The van der Waals surface area contributed by atoms with E-state index in [0.29, 0.717) is 12.4 Å². The zero-order valence-corrected chi connectivity index (χ0v) is 17.9. The van der Waals surface area contributed by atoms with Gasteiger partial charge in [-0.05, 0) is 46.9 Å². The molecule has 2 aromatic rings. The molecule has 2 aliphatic rings. The molecule has 29 heavy (non-hydrogen) atoms. The van der Waals surface area contributed by atoms with Gasteiger partial charge in [0.15, 0.2) is 6.29 Å². The molecule has 0 aliphatic carbocycles. The average Bonchev–Trinajstić information content (AvgIpc) is 2.76. The molecule has 0 aromatic heterocycles. The van der Waals surface area contributed by atoms with Crippen LogP contribution < -0.4 is 4.74 Å². The van der Waals surface area contributed by atoms with Gasteiger partial charge in [-0.15, -0.1) is 6.58 Å². The van der Waals surface area contributed by atoms with E-state index in [1.165, 1.54) is 0 Å². The highest BCUT2D eigenvalue weighted by atomic mass is 127. The van der Waals surface area contributed by atoms with Crippen LogP contribution in [0.3, 0.4) is 0 Å². The van der Waals surface area contributed by atoms with E-state index in [9.17, 15) is 5.11 Å². The lowest BCUT2D eigenvalue weighted by molar-refractivity contribution is -0.354. The Kier molecular flexibility index (Phi) is 6.84. The summed E-state index contributed by atoms with van der Waals surface area (Å²) in [6, 6.07) is 17.2. The highest BCUT2D eigenvalue weighted by molar-refractivity contribution is 14.1. The second-order valence-corrected chi connectivity index (χ2v) is 8.11. The summed E-state index contributed by atoms with van der Waals surface area (Å²) >= 11 is 2.22. The van der Waals surface area contributed by atoms with E-state index in [1.807, 2.05) is 54.6 Å². The zero-order chi connectivity index (χ0) is 20.2. The fraction of sp³-hybridized carbons (Fsp3) is 0.364. The van der Waals surface area contributed by atoms with Crippen LogP contribution in [0.25, 0.3) is 0 Å². The van der Waals surface area contributed by atoms with E-state index < -0.39 is 37.0 Å². The molecule has 154 valence electrons. The number of ether oxygens (including phenoxy) is 5. The smallest absolute Gasteiger partial charge is 0.229 e. The van der Waals surface area contributed by atoms with Crippen molar-refractivity contribution in [1.82, 2.24) is 0 Å². The Bertz CT molecular complexity index is 799. The summed E-state index contributed by atoms with van der Waals surface area (Å²) in [6.07, 6.45) is -2.41. The van der Waals surface area contributed by atoms with Gasteiger partial charge >= 0.3 is 0 Å². The van der Waals surface area contributed by atoms with Crippen molar-refractivity contribution in [3.63, 3.8) is 0 Å². The second-order valence-electron chi connectivity index (χ2n) is 6.87. The summed E-state index contributed by atoms with van der Waals surface area (Å²) in [4.78, 5) is 0. The minimum absolute atomic E-state index is 0.279. The molecule has 7 heteroatoms. The van der Waals surface area contributed by atoms with E-state index in [-0.39, 0.29) is 6.61 Å². The van der Waals surface area contributed by atoms with Gasteiger partial charge in [-0.1, -0.05) is 36.4 Å². The molecule has 4 rings (SSSR count). The molecule has 2 aromatic carbocycles. The maximum atomic E-state index is 10.9. The third-order valence-corrected chi connectivity index (χ3v) is 5.57. The minimum atomic E-state index is -1.04. The molecule has 1 unspecified atom stereocenters. The Morgan fingerprint density at radius 1 is 1.10 bits per heavy atom. The first-order valence-electron chi connectivity index (χ1n) is 9.46. The number of fused-ring (bicyclic) bond motifs is 1. The van der Waals surface area contributed by atoms with Crippen LogP contribution in [0.15, 0.2) is 67.3 Å². The molecule has 2 aliphatic heterocycles. The van der Waals surface area contributed by atoms with Gasteiger partial charge in [-0.2, -0.15) is 0 Å². The SMILES string of the molecule is C=CCO[C@@H]1[C@@H](O)[C@H](Oc2ccc(I)cc2)O[C@@H]2COC(c3ccccc3)O[C@@H]12. The molecule has 6 nitrogen and oxygen atoms in total. The lowest BCUT2D eigenvalue weighted by Crippen LogP contribution is -2.63. The molecule has 2 fully saturated rings. The zero-order valence-electron chi connectivity index (χ0n) is 15.7. The Morgan fingerprint density at radius 3 is 2.59 bits per heavy atom.